The molecule has 3 heteroatoms. The van der Waals surface area contributed by atoms with Crippen molar-refractivity contribution in [3.63, 3.8) is 0 Å². The lowest BCUT2D eigenvalue weighted by molar-refractivity contribution is 0.596. The minimum atomic E-state index is 0.00912. The van der Waals surface area contributed by atoms with Gasteiger partial charge in [-0.25, -0.2) is 0 Å². The van der Waals surface area contributed by atoms with Crippen molar-refractivity contribution in [2.45, 2.75) is 46.5 Å². The fourth-order valence-corrected chi connectivity index (χ4v) is 5.26. The van der Waals surface area contributed by atoms with Gasteiger partial charge in [-0.2, -0.15) is 0 Å². The molecule has 3 nitrogen and oxygen atoms in total. The van der Waals surface area contributed by atoms with Gasteiger partial charge in [-0.3, -0.25) is 4.98 Å². The van der Waals surface area contributed by atoms with Crippen molar-refractivity contribution in [1.29, 1.82) is 0 Å². The molecule has 0 unspecified atom stereocenters. The minimum Gasteiger partial charge on any atom is -0.464 e. The number of rotatable bonds is 4. The Hall–Kier alpha value is -3.85. The van der Waals surface area contributed by atoms with E-state index in [2.05, 4.69) is 95.3 Å². The molecule has 0 amide bonds. The van der Waals surface area contributed by atoms with Crippen molar-refractivity contribution in [3.8, 4) is 22.6 Å². The van der Waals surface area contributed by atoms with Crippen LogP contribution in [0.5, 0.6) is 0 Å². The highest BCUT2D eigenvalue weighted by molar-refractivity contribution is 6.00. The molecule has 0 N–H and O–H groups in total. The van der Waals surface area contributed by atoms with E-state index in [4.69, 9.17) is 13.8 Å². The summed E-state index contributed by atoms with van der Waals surface area (Å²) in [6, 6.07) is 23.7. The average Bonchev–Trinajstić information content (AvgIpc) is 3.46. The normalized spacial score (nSPS) is 12.4. The van der Waals surface area contributed by atoms with Gasteiger partial charge in [0, 0.05) is 22.5 Å². The number of hydrogen-bond acceptors (Lipinski definition) is 3. The van der Waals surface area contributed by atoms with E-state index in [1.165, 1.54) is 21.9 Å². The summed E-state index contributed by atoms with van der Waals surface area (Å²) in [7, 11) is 0. The van der Waals surface area contributed by atoms with E-state index in [9.17, 15) is 0 Å². The molecule has 0 saturated heterocycles. The molecule has 0 aliphatic carbocycles. The number of hydrogen-bond donors (Lipinski definition) is 0. The maximum atomic E-state index is 6.36. The Kier molecular flexibility index (Phi) is 5.26. The predicted octanol–water partition coefficient (Wildman–Crippen LogP) is 9.56. The second-order valence-corrected chi connectivity index (χ2v) is 11.3. The van der Waals surface area contributed by atoms with Gasteiger partial charge in [-0.15, -0.1) is 0 Å². The van der Waals surface area contributed by atoms with Crippen LogP contribution in [0.3, 0.4) is 0 Å². The zero-order valence-electron chi connectivity index (χ0n) is 21.6. The van der Waals surface area contributed by atoms with Crippen LogP contribution >= 0.6 is 0 Å². The van der Waals surface area contributed by atoms with Crippen LogP contribution in [0.2, 0.25) is 0 Å². The van der Waals surface area contributed by atoms with E-state index >= 15 is 0 Å². The molecule has 0 spiro atoms. The third-order valence-corrected chi connectivity index (χ3v) is 6.94. The van der Waals surface area contributed by atoms with Crippen LogP contribution in [0.25, 0.3) is 55.3 Å². The highest BCUT2D eigenvalue weighted by atomic mass is 16.3. The molecule has 6 aromatic rings. The summed E-state index contributed by atoms with van der Waals surface area (Å²) in [5, 5.41) is 4.58. The van der Waals surface area contributed by atoms with E-state index in [0.29, 0.717) is 5.92 Å². The lowest BCUT2D eigenvalue weighted by Gasteiger charge is -2.22. The minimum absolute atomic E-state index is 0.00912. The quantitative estimate of drug-likeness (QED) is 0.256. The molecular formula is C33H31NO2. The molecule has 0 bridgehead atoms. The van der Waals surface area contributed by atoms with Gasteiger partial charge in [0.25, 0.3) is 0 Å². The molecule has 6 rings (SSSR count). The van der Waals surface area contributed by atoms with Crippen molar-refractivity contribution in [1.82, 2.24) is 4.98 Å². The lowest BCUT2D eigenvalue weighted by atomic mass is 9.82. The molecule has 0 saturated carbocycles. The number of pyridine rings is 1. The van der Waals surface area contributed by atoms with Crippen LogP contribution in [-0.2, 0) is 11.8 Å². The molecule has 3 aromatic heterocycles. The fraction of sp³-hybridized carbons (Fsp3) is 0.242. The van der Waals surface area contributed by atoms with Crippen molar-refractivity contribution < 1.29 is 8.83 Å². The summed E-state index contributed by atoms with van der Waals surface area (Å²) < 4.78 is 12.3. The maximum Gasteiger partial charge on any atom is 0.139 e. The first kappa shape index (κ1) is 22.6. The van der Waals surface area contributed by atoms with Gasteiger partial charge < -0.3 is 8.83 Å². The third kappa shape index (κ3) is 3.89. The fourth-order valence-electron chi connectivity index (χ4n) is 5.26. The van der Waals surface area contributed by atoms with Gasteiger partial charge in [-0.05, 0) is 70.0 Å². The Labute approximate surface area is 211 Å². The molecule has 0 atom stereocenters. The van der Waals surface area contributed by atoms with E-state index in [1.54, 1.807) is 0 Å². The summed E-state index contributed by atoms with van der Waals surface area (Å²) in [5.74, 6) is 1.40. The van der Waals surface area contributed by atoms with E-state index in [1.807, 2.05) is 18.5 Å². The number of furan rings is 2. The first-order valence-corrected chi connectivity index (χ1v) is 12.7. The van der Waals surface area contributed by atoms with E-state index < -0.39 is 0 Å². The topological polar surface area (TPSA) is 39.2 Å². The van der Waals surface area contributed by atoms with Crippen molar-refractivity contribution >= 4 is 32.7 Å². The lowest BCUT2D eigenvalue weighted by Crippen LogP contribution is -2.12. The molecule has 36 heavy (non-hydrogen) atoms. The van der Waals surface area contributed by atoms with Gasteiger partial charge in [0.1, 0.15) is 23.2 Å². The summed E-state index contributed by atoms with van der Waals surface area (Å²) in [5.41, 5.74) is 7.35. The predicted molar refractivity (Wildman–Crippen MR) is 149 cm³/mol. The summed E-state index contributed by atoms with van der Waals surface area (Å²) in [4.78, 5) is 4.82. The Morgan fingerprint density at radius 3 is 2.47 bits per heavy atom. The molecule has 0 aliphatic rings. The molecule has 0 aliphatic heterocycles. The van der Waals surface area contributed by atoms with Crippen LogP contribution in [0.4, 0.5) is 0 Å². The van der Waals surface area contributed by atoms with Crippen molar-refractivity contribution in [2.75, 3.05) is 0 Å². The van der Waals surface area contributed by atoms with E-state index in [0.717, 1.165) is 50.9 Å². The number of benzene rings is 3. The van der Waals surface area contributed by atoms with Crippen molar-refractivity contribution in [2.24, 2.45) is 5.92 Å². The molecular weight excluding hydrogens is 442 g/mol. The number of aromatic nitrogens is 1. The summed E-state index contributed by atoms with van der Waals surface area (Å²) >= 11 is 0. The van der Waals surface area contributed by atoms with Gasteiger partial charge in [0.05, 0.1) is 11.3 Å². The second-order valence-electron chi connectivity index (χ2n) is 11.3. The Bertz CT molecular complexity index is 1730. The van der Waals surface area contributed by atoms with Gasteiger partial charge in [-0.1, -0.05) is 71.0 Å². The monoisotopic (exact) mass is 473 g/mol. The molecule has 3 heterocycles. The highest BCUT2D eigenvalue weighted by Crippen LogP contribution is 2.40. The molecule has 0 radical (unpaired) electrons. The van der Waals surface area contributed by atoms with Gasteiger partial charge in [0.15, 0.2) is 0 Å². The summed E-state index contributed by atoms with van der Waals surface area (Å²) in [6.07, 6.45) is 4.68. The smallest absolute Gasteiger partial charge is 0.139 e. The number of fused-ring (bicyclic) bond motifs is 3. The standard InChI is InChI=1S/C33H31NO2/c1-20(2)14-21-10-11-25-27(19-35-30(25)15-21)31-18-26-29(36-31)12-13-34-32(26)23-16-22-8-6-7-9-24(22)28(17-23)33(3,4)5/h6-13,15-20H,14H2,1-5H3. The molecule has 3 aromatic carbocycles. The highest BCUT2D eigenvalue weighted by Gasteiger charge is 2.21. The Morgan fingerprint density at radius 2 is 1.67 bits per heavy atom. The third-order valence-electron chi connectivity index (χ3n) is 6.94. The van der Waals surface area contributed by atoms with Crippen LogP contribution in [0.15, 0.2) is 88.0 Å². The SMILES string of the molecule is CC(C)Cc1ccc2c(-c3cc4c(-c5cc(C(C)(C)C)c6ccccc6c5)nccc4o3)coc2c1. The van der Waals surface area contributed by atoms with Gasteiger partial charge in [0.2, 0.25) is 0 Å². The first-order valence-electron chi connectivity index (χ1n) is 12.7. The number of nitrogens with zero attached hydrogens (tertiary/aromatic N) is 1. The Morgan fingerprint density at radius 1 is 0.833 bits per heavy atom. The maximum absolute atomic E-state index is 6.36. The average molecular weight is 474 g/mol. The van der Waals surface area contributed by atoms with Crippen LogP contribution in [-0.4, -0.2) is 4.98 Å². The summed E-state index contributed by atoms with van der Waals surface area (Å²) in [6.45, 7) is 11.3. The van der Waals surface area contributed by atoms with Crippen molar-refractivity contribution in [3.05, 3.63) is 90.3 Å². The van der Waals surface area contributed by atoms with Crippen LogP contribution in [0.1, 0.15) is 45.7 Å². The Balaban J connectivity index is 1.50. The zero-order valence-corrected chi connectivity index (χ0v) is 21.6. The van der Waals surface area contributed by atoms with Crippen LogP contribution < -0.4 is 0 Å². The molecule has 0 fully saturated rings. The first-order chi connectivity index (χ1) is 17.3. The second kappa shape index (κ2) is 8.37. The van der Waals surface area contributed by atoms with Gasteiger partial charge >= 0.3 is 0 Å². The molecule has 180 valence electrons. The largest absolute Gasteiger partial charge is 0.464 e. The van der Waals surface area contributed by atoms with Crippen LogP contribution in [0, 0.1) is 5.92 Å². The van der Waals surface area contributed by atoms with E-state index in [-0.39, 0.29) is 5.41 Å². The zero-order chi connectivity index (χ0) is 25.0.